The predicted molar refractivity (Wildman–Crippen MR) is 85.2 cm³/mol. The van der Waals surface area contributed by atoms with Gasteiger partial charge in [0.1, 0.15) is 0 Å². The van der Waals surface area contributed by atoms with Crippen LogP contribution in [0.25, 0.3) is 0 Å². The maximum atomic E-state index is 12.5. The summed E-state index contributed by atoms with van der Waals surface area (Å²) in [6.45, 7) is 6.25. The Kier molecular flexibility index (Phi) is 4.13. The summed E-state index contributed by atoms with van der Waals surface area (Å²) >= 11 is 0. The number of likely N-dealkylation sites (tertiary alicyclic amines) is 1. The van der Waals surface area contributed by atoms with Gasteiger partial charge in [0.25, 0.3) is 0 Å². The van der Waals surface area contributed by atoms with Gasteiger partial charge in [-0.2, -0.15) is 0 Å². The molecule has 0 spiro atoms. The van der Waals surface area contributed by atoms with Crippen molar-refractivity contribution in [2.75, 3.05) is 50.8 Å². The maximum Gasteiger partial charge on any atom is 0.225 e. The van der Waals surface area contributed by atoms with Crippen molar-refractivity contribution < 1.29 is 9.53 Å². The highest BCUT2D eigenvalue weighted by Gasteiger charge is 2.47. The van der Waals surface area contributed by atoms with Gasteiger partial charge < -0.3 is 14.5 Å². The molecule has 0 radical (unpaired) electrons. The van der Waals surface area contributed by atoms with E-state index >= 15 is 0 Å². The summed E-state index contributed by atoms with van der Waals surface area (Å²) in [7, 11) is 0. The van der Waals surface area contributed by atoms with Crippen LogP contribution in [0.15, 0.2) is 18.5 Å². The van der Waals surface area contributed by atoms with Gasteiger partial charge in [-0.15, -0.1) is 0 Å². The monoisotopic (exact) mass is 317 g/mol. The van der Waals surface area contributed by atoms with Crippen LogP contribution in [-0.4, -0.2) is 83.7 Å². The lowest BCUT2D eigenvalue weighted by atomic mass is 10.1. The molecule has 1 aromatic rings. The highest BCUT2D eigenvalue weighted by molar-refractivity contribution is 5.81. The average molecular weight is 317 g/mol. The van der Waals surface area contributed by atoms with E-state index in [1.807, 2.05) is 6.07 Å². The lowest BCUT2D eigenvalue weighted by molar-refractivity contribution is -0.129. The van der Waals surface area contributed by atoms with E-state index in [9.17, 15) is 4.79 Å². The van der Waals surface area contributed by atoms with Gasteiger partial charge in [0.2, 0.25) is 11.9 Å². The number of nitrogens with zero attached hydrogens (tertiary/aromatic N) is 5. The number of carbonyl (C=O) groups excluding carboxylic acids is 1. The molecule has 0 saturated carbocycles. The molecule has 2 atom stereocenters. The zero-order valence-electron chi connectivity index (χ0n) is 13.3. The van der Waals surface area contributed by atoms with Crippen LogP contribution in [0.3, 0.4) is 0 Å². The Hall–Kier alpha value is -1.73. The molecule has 3 aliphatic rings. The van der Waals surface area contributed by atoms with E-state index in [1.54, 1.807) is 12.4 Å². The Labute approximate surface area is 136 Å². The van der Waals surface area contributed by atoms with Gasteiger partial charge in [-0.25, -0.2) is 9.97 Å². The van der Waals surface area contributed by atoms with E-state index in [2.05, 4.69) is 24.7 Å². The van der Waals surface area contributed by atoms with Gasteiger partial charge in [0.05, 0.1) is 25.3 Å². The molecule has 4 heterocycles. The Morgan fingerprint density at radius 3 is 2.65 bits per heavy atom. The van der Waals surface area contributed by atoms with Crippen molar-refractivity contribution >= 4 is 11.9 Å². The molecule has 1 aromatic heterocycles. The largest absolute Gasteiger partial charge is 0.379 e. The summed E-state index contributed by atoms with van der Waals surface area (Å²) in [6, 6.07) is 2.37. The first-order valence-corrected chi connectivity index (χ1v) is 8.46. The van der Waals surface area contributed by atoms with Gasteiger partial charge >= 0.3 is 0 Å². The molecule has 4 rings (SSSR count). The molecule has 7 nitrogen and oxygen atoms in total. The first-order valence-electron chi connectivity index (χ1n) is 8.46. The van der Waals surface area contributed by atoms with Crippen LogP contribution in [0.2, 0.25) is 0 Å². The van der Waals surface area contributed by atoms with Crippen LogP contribution in [0.1, 0.15) is 12.8 Å². The molecule has 0 bridgehead atoms. The number of morpholine rings is 1. The van der Waals surface area contributed by atoms with Crippen molar-refractivity contribution in [3.8, 4) is 0 Å². The SMILES string of the molecule is O=C1C[C@H]2[C@@H](CCN2c2ncccn2)N1CCN1CCOCC1. The number of hydrogen-bond acceptors (Lipinski definition) is 6. The zero-order valence-corrected chi connectivity index (χ0v) is 13.3. The first-order chi connectivity index (χ1) is 11.3. The van der Waals surface area contributed by atoms with Gasteiger partial charge in [-0.1, -0.05) is 0 Å². The lowest BCUT2D eigenvalue weighted by Gasteiger charge is -2.30. The number of aromatic nitrogens is 2. The average Bonchev–Trinajstić information content (AvgIpc) is 3.13. The number of hydrogen-bond donors (Lipinski definition) is 0. The molecule has 0 aliphatic carbocycles. The highest BCUT2D eigenvalue weighted by atomic mass is 16.5. The topological polar surface area (TPSA) is 61.8 Å². The fraction of sp³-hybridized carbons (Fsp3) is 0.688. The predicted octanol–water partition coefficient (Wildman–Crippen LogP) is -0.0116. The van der Waals surface area contributed by atoms with E-state index in [0.717, 1.165) is 58.3 Å². The Balaban J connectivity index is 1.40. The molecule has 3 saturated heterocycles. The van der Waals surface area contributed by atoms with Crippen LogP contribution in [0.4, 0.5) is 5.95 Å². The molecule has 124 valence electrons. The van der Waals surface area contributed by atoms with Crippen molar-refractivity contribution in [3.05, 3.63) is 18.5 Å². The smallest absolute Gasteiger partial charge is 0.225 e. The van der Waals surface area contributed by atoms with Crippen LogP contribution in [0.5, 0.6) is 0 Å². The van der Waals surface area contributed by atoms with Gasteiger partial charge in [-0.05, 0) is 12.5 Å². The van der Waals surface area contributed by atoms with Crippen LogP contribution in [-0.2, 0) is 9.53 Å². The van der Waals surface area contributed by atoms with Crippen LogP contribution in [0, 0.1) is 0 Å². The number of rotatable bonds is 4. The van der Waals surface area contributed by atoms with Gasteiger partial charge in [-0.3, -0.25) is 9.69 Å². The standard InChI is InChI=1S/C16H23N5O2/c22-15-12-14-13(2-5-21(14)16-17-3-1-4-18-16)20(15)7-6-19-8-10-23-11-9-19/h1,3-4,13-14H,2,5-12H2/t13-,14+/m1/s1. The number of carbonyl (C=O) groups is 1. The number of fused-ring (bicyclic) bond motifs is 1. The molecule has 7 heteroatoms. The quantitative estimate of drug-likeness (QED) is 0.778. The first kappa shape index (κ1) is 14.8. The summed E-state index contributed by atoms with van der Waals surface area (Å²) in [5.41, 5.74) is 0. The Bertz CT molecular complexity index is 549. The molecule has 0 aromatic carbocycles. The van der Waals surface area contributed by atoms with Crippen molar-refractivity contribution in [1.29, 1.82) is 0 Å². The minimum Gasteiger partial charge on any atom is -0.379 e. The summed E-state index contributed by atoms with van der Waals surface area (Å²) in [6.07, 6.45) is 5.13. The Morgan fingerprint density at radius 1 is 1.09 bits per heavy atom. The maximum absolute atomic E-state index is 12.5. The molecule has 23 heavy (non-hydrogen) atoms. The molecule has 3 aliphatic heterocycles. The summed E-state index contributed by atoms with van der Waals surface area (Å²) in [5, 5.41) is 0. The highest BCUT2D eigenvalue weighted by Crippen LogP contribution is 2.34. The van der Waals surface area contributed by atoms with Crippen molar-refractivity contribution in [1.82, 2.24) is 19.8 Å². The third-order valence-corrected chi connectivity index (χ3v) is 5.18. The van der Waals surface area contributed by atoms with Crippen molar-refractivity contribution in [3.63, 3.8) is 0 Å². The zero-order chi connectivity index (χ0) is 15.6. The van der Waals surface area contributed by atoms with Crippen molar-refractivity contribution in [2.24, 2.45) is 0 Å². The summed E-state index contributed by atoms with van der Waals surface area (Å²) in [5.74, 6) is 1.02. The number of anilines is 1. The molecular formula is C16H23N5O2. The minimum atomic E-state index is 0.231. The summed E-state index contributed by atoms with van der Waals surface area (Å²) in [4.78, 5) is 27.8. The summed E-state index contributed by atoms with van der Waals surface area (Å²) < 4.78 is 5.38. The molecule has 0 N–H and O–H groups in total. The second-order valence-corrected chi connectivity index (χ2v) is 6.41. The third kappa shape index (κ3) is 2.90. The third-order valence-electron chi connectivity index (χ3n) is 5.18. The van der Waals surface area contributed by atoms with Crippen molar-refractivity contribution in [2.45, 2.75) is 24.9 Å². The van der Waals surface area contributed by atoms with Crippen LogP contribution >= 0.6 is 0 Å². The lowest BCUT2D eigenvalue weighted by Crippen LogP contribution is -2.44. The molecule has 0 unspecified atom stereocenters. The second-order valence-electron chi connectivity index (χ2n) is 6.41. The van der Waals surface area contributed by atoms with E-state index in [0.29, 0.717) is 12.5 Å². The normalized spacial score (nSPS) is 28.4. The number of amides is 1. The Morgan fingerprint density at radius 2 is 1.87 bits per heavy atom. The molecular weight excluding hydrogens is 294 g/mol. The van der Waals surface area contributed by atoms with Gasteiger partial charge in [0, 0.05) is 51.5 Å². The van der Waals surface area contributed by atoms with E-state index in [-0.39, 0.29) is 11.9 Å². The van der Waals surface area contributed by atoms with E-state index in [4.69, 9.17) is 4.74 Å². The number of ether oxygens (including phenoxy) is 1. The van der Waals surface area contributed by atoms with Gasteiger partial charge in [0.15, 0.2) is 0 Å². The van der Waals surface area contributed by atoms with Crippen LogP contribution < -0.4 is 4.90 Å². The van der Waals surface area contributed by atoms with E-state index < -0.39 is 0 Å². The second kappa shape index (κ2) is 6.41. The fourth-order valence-electron chi connectivity index (χ4n) is 3.98. The molecule has 1 amide bonds. The molecule has 3 fully saturated rings. The van der Waals surface area contributed by atoms with E-state index in [1.165, 1.54) is 0 Å². The minimum absolute atomic E-state index is 0.231. The fourth-order valence-corrected chi connectivity index (χ4v) is 3.98.